The molecule has 0 radical (unpaired) electrons. The molecule has 0 saturated heterocycles. The molecule has 1 aromatic carbocycles. The van der Waals surface area contributed by atoms with Crippen molar-refractivity contribution < 1.29 is 32.9 Å². The van der Waals surface area contributed by atoms with Crippen LogP contribution in [0.4, 0.5) is 9.18 Å². The van der Waals surface area contributed by atoms with E-state index in [1.807, 2.05) is 0 Å². The van der Waals surface area contributed by atoms with Crippen LogP contribution in [0.5, 0.6) is 11.6 Å². The van der Waals surface area contributed by atoms with Crippen molar-refractivity contribution in [1.29, 1.82) is 0 Å². The van der Waals surface area contributed by atoms with Gasteiger partial charge in [-0.25, -0.2) is 18.5 Å². The Hall–Kier alpha value is -3.89. The van der Waals surface area contributed by atoms with Gasteiger partial charge in [0.2, 0.25) is 11.6 Å². The topological polar surface area (TPSA) is 113 Å². The average molecular weight is 489 g/mol. The van der Waals surface area contributed by atoms with E-state index in [0.717, 1.165) is 0 Å². The van der Waals surface area contributed by atoms with Crippen molar-refractivity contribution in [1.82, 2.24) is 19.9 Å². The number of esters is 1. The Kier molecular flexibility index (Phi) is 8.10. The van der Waals surface area contributed by atoms with Gasteiger partial charge in [0.1, 0.15) is 29.9 Å². The molecule has 0 spiro atoms. The number of alkyl carbamates (subject to hydrolysis) is 1. The first-order chi connectivity index (χ1) is 16.6. The van der Waals surface area contributed by atoms with E-state index in [9.17, 15) is 14.0 Å². The number of amides is 1. The predicted molar refractivity (Wildman–Crippen MR) is 124 cm³/mol. The number of benzene rings is 1. The number of halogens is 1. The molecule has 1 amide bonds. The summed E-state index contributed by atoms with van der Waals surface area (Å²) in [5.41, 5.74) is 0.191. The molecule has 1 N–H and O–H groups in total. The highest BCUT2D eigenvalue weighted by molar-refractivity contribution is 5.91. The maximum atomic E-state index is 14.1. The van der Waals surface area contributed by atoms with Crippen molar-refractivity contribution in [2.75, 3.05) is 19.8 Å². The van der Waals surface area contributed by atoms with Crippen LogP contribution in [-0.2, 0) is 9.47 Å². The molecule has 11 heteroatoms. The Balaban J connectivity index is 1.76. The Morgan fingerprint density at radius 2 is 2.00 bits per heavy atom. The molecule has 3 rings (SSSR count). The molecule has 10 nitrogen and oxygen atoms in total. The second-order valence-corrected chi connectivity index (χ2v) is 8.50. The molecule has 2 aromatic heterocycles. The maximum absolute atomic E-state index is 14.1. The summed E-state index contributed by atoms with van der Waals surface area (Å²) in [5.74, 6) is -0.789. The number of hydrogen-bond acceptors (Lipinski definition) is 8. The number of rotatable bonds is 9. The molecule has 2 heterocycles. The third-order valence-electron chi connectivity index (χ3n) is 4.56. The SMILES string of the molecule is CCOC(=O)c1c(OC(C)c2cc(F)ccc2OCCNC(=O)OC(C)(C)C)nc2cccnn12. The van der Waals surface area contributed by atoms with Crippen LogP contribution in [0.25, 0.3) is 5.65 Å². The lowest BCUT2D eigenvalue weighted by Gasteiger charge is -2.20. The van der Waals surface area contributed by atoms with Gasteiger partial charge in [0.15, 0.2) is 5.65 Å². The minimum absolute atomic E-state index is 0.00328. The Morgan fingerprint density at radius 3 is 2.71 bits per heavy atom. The third-order valence-corrected chi connectivity index (χ3v) is 4.56. The van der Waals surface area contributed by atoms with Crippen LogP contribution in [0.3, 0.4) is 0 Å². The molecule has 1 unspecified atom stereocenters. The highest BCUT2D eigenvalue weighted by atomic mass is 19.1. The Labute approximate surface area is 202 Å². The number of aromatic nitrogens is 3. The van der Waals surface area contributed by atoms with E-state index in [4.69, 9.17) is 18.9 Å². The molecule has 0 saturated carbocycles. The van der Waals surface area contributed by atoms with Gasteiger partial charge < -0.3 is 24.3 Å². The fourth-order valence-corrected chi connectivity index (χ4v) is 3.15. The molecule has 0 aliphatic carbocycles. The van der Waals surface area contributed by atoms with Crippen molar-refractivity contribution in [3.05, 3.63) is 53.6 Å². The smallest absolute Gasteiger partial charge is 0.407 e. The number of nitrogens with zero attached hydrogens (tertiary/aromatic N) is 3. The minimum Gasteiger partial charge on any atom is -0.491 e. The maximum Gasteiger partial charge on any atom is 0.407 e. The summed E-state index contributed by atoms with van der Waals surface area (Å²) in [6, 6.07) is 7.34. The van der Waals surface area contributed by atoms with Crippen LogP contribution >= 0.6 is 0 Å². The van der Waals surface area contributed by atoms with Crippen molar-refractivity contribution in [3.63, 3.8) is 0 Å². The van der Waals surface area contributed by atoms with Gasteiger partial charge >= 0.3 is 12.1 Å². The zero-order valence-electron chi connectivity index (χ0n) is 20.3. The standard InChI is InChI=1S/C24H29FN4O6/c1-6-32-22(30)20-21(28-19-8-7-11-27-29(19)20)34-15(2)17-14-16(25)9-10-18(17)33-13-12-26-23(31)35-24(3,4)5/h7-11,14-15H,6,12-13H2,1-5H3,(H,26,31). The zero-order chi connectivity index (χ0) is 25.6. The monoisotopic (exact) mass is 488 g/mol. The summed E-state index contributed by atoms with van der Waals surface area (Å²) in [7, 11) is 0. The molecule has 3 aromatic rings. The lowest BCUT2D eigenvalue weighted by Crippen LogP contribution is -2.34. The number of hydrogen-bond donors (Lipinski definition) is 1. The lowest BCUT2D eigenvalue weighted by atomic mass is 10.1. The highest BCUT2D eigenvalue weighted by Gasteiger charge is 2.26. The minimum atomic E-state index is -0.752. The summed E-state index contributed by atoms with van der Waals surface area (Å²) < 4.78 is 37.5. The number of carbonyl (C=O) groups is 2. The van der Waals surface area contributed by atoms with Gasteiger partial charge in [0.05, 0.1) is 13.2 Å². The average Bonchev–Trinajstić information content (AvgIpc) is 3.14. The van der Waals surface area contributed by atoms with Crippen molar-refractivity contribution in [2.45, 2.75) is 46.3 Å². The van der Waals surface area contributed by atoms with Gasteiger partial charge in [0, 0.05) is 11.8 Å². The fourth-order valence-electron chi connectivity index (χ4n) is 3.15. The molecule has 0 bridgehead atoms. The van der Waals surface area contributed by atoms with Crippen molar-refractivity contribution in [3.8, 4) is 11.6 Å². The first-order valence-corrected chi connectivity index (χ1v) is 11.2. The number of ether oxygens (including phenoxy) is 4. The molecular weight excluding hydrogens is 459 g/mol. The van der Waals surface area contributed by atoms with Gasteiger partial charge in [-0.1, -0.05) is 0 Å². The zero-order valence-corrected chi connectivity index (χ0v) is 20.3. The highest BCUT2D eigenvalue weighted by Crippen LogP contribution is 2.31. The van der Waals surface area contributed by atoms with Crippen LogP contribution < -0.4 is 14.8 Å². The second kappa shape index (κ2) is 11.0. The van der Waals surface area contributed by atoms with E-state index in [0.29, 0.717) is 17.0 Å². The number of nitrogens with one attached hydrogen (secondary N) is 1. The van der Waals surface area contributed by atoms with E-state index < -0.39 is 29.6 Å². The molecule has 35 heavy (non-hydrogen) atoms. The molecule has 0 aliphatic rings. The van der Waals surface area contributed by atoms with Crippen molar-refractivity contribution >= 4 is 17.7 Å². The quantitative estimate of drug-likeness (QED) is 0.354. The van der Waals surface area contributed by atoms with Crippen LogP contribution in [-0.4, -0.2) is 52.0 Å². The fraction of sp³-hybridized carbons (Fsp3) is 0.417. The third kappa shape index (κ3) is 6.81. The van der Waals surface area contributed by atoms with Gasteiger partial charge in [-0.2, -0.15) is 10.1 Å². The first-order valence-electron chi connectivity index (χ1n) is 11.2. The molecular formula is C24H29FN4O6. The summed E-state index contributed by atoms with van der Waals surface area (Å²) in [4.78, 5) is 28.7. The number of carbonyl (C=O) groups excluding carboxylic acids is 2. The van der Waals surface area contributed by atoms with Gasteiger partial charge in [0.25, 0.3) is 0 Å². The lowest BCUT2D eigenvalue weighted by molar-refractivity contribution is 0.0501. The van der Waals surface area contributed by atoms with E-state index in [1.54, 1.807) is 46.8 Å². The number of fused-ring (bicyclic) bond motifs is 1. The van der Waals surface area contributed by atoms with Gasteiger partial charge in [-0.15, -0.1) is 0 Å². The second-order valence-electron chi connectivity index (χ2n) is 8.50. The van der Waals surface area contributed by atoms with Gasteiger partial charge in [-0.3, -0.25) is 0 Å². The molecule has 0 aliphatic heterocycles. The van der Waals surface area contributed by atoms with Crippen LogP contribution in [0.2, 0.25) is 0 Å². The first kappa shape index (κ1) is 25.7. The number of imidazole rings is 1. The normalized spacial score (nSPS) is 12.2. The summed E-state index contributed by atoms with van der Waals surface area (Å²) in [5, 5.41) is 6.74. The van der Waals surface area contributed by atoms with E-state index in [2.05, 4.69) is 15.4 Å². The van der Waals surface area contributed by atoms with Crippen LogP contribution in [0, 0.1) is 5.82 Å². The van der Waals surface area contributed by atoms with Gasteiger partial charge in [-0.05, 0) is 65.0 Å². The predicted octanol–water partition coefficient (Wildman–Crippen LogP) is 4.09. The van der Waals surface area contributed by atoms with E-state index in [1.165, 1.54) is 28.9 Å². The van der Waals surface area contributed by atoms with Crippen LogP contribution in [0.15, 0.2) is 36.5 Å². The summed E-state index contributed by atoms with van der Waals surface area (Å²) >= 11 is 0. The Bertz CT molecular complexity index is 1190. The molecule has 0 fully saturated rings. The van der Waals surface area contributed by atoms with E-state index in [-0.39, 0.29) is 31.3 Å². The Morgan fingerprint density at radius 1 is 1.23 bits per heavy atom. The molecule has 1 atom stereocenters. The van der Waals surface area contributed by atoms with E-state index >= 15 is 0 Å². The summed E-state index contributed by atoms with van der Waals surface area (Å²) in [6.07, 6.45) is 0.190. The summed E-state index contributed by atoms with van der Waals surface area (Å²) in [6.45, 7) is 9.10. The van der Waals surface area contributed by atoms with Crippen LogP contribution in [0.1, 0.15) is 56.8 Å². The van der Waals surface area contributed by atoms with Crippen molar-refractivity contribution in [2.24, 2.45) is 0 Å². The largest absolute Gasteiger partial charge is 0.491 e. The molecule has 188 valence electrons.